The van der Waals surface area contributed by atoms with Gasteiger partial charge < -0.3 is 5.11 Å². The second-order valence-electron chi connectivity index (χ2n) is 2.97. The molecule has 0 aliphatic heterocycles. The van der Waals surface area contributed by atoms with Gasteiger partial charge in [0.15, 0.2) is 5.82 Å². The first-order chi connectivity index (χ1) is 7.15. The topological polar surface area (TPSA) is 71.8 Å². The van der Waals surface area contributed by atoms with Crippen LogP contribution < -0.4 is 0 Å². The van der Waals surface area contributed by atoms with Crippen molar-refractivity contribution in [2.45, 2.75) is 6.92 Å². The van der Waals surface area contributed by atoms with Gasteiger partial charge in [-0.1, -0.05) is 0 Å². The molecule has 2 aromatic rings. The molecule has 0 amide bonds. The van der Waals surface area contributed by atoms with Gasteiger partial charge in [0, 0.05) is 11.6 Å². The average molecular weight is 206 g/mol. The lowest BCUT2D eigenvalue weighted by molar-refractivity contribution is 0.469. The zero-order valence-electron chi connectivity index (χ0n) is 7.85. The van der Waals surface area contributed by atoms with Crippen LogP contribution in [-0.4, -0.2) is 25.5 Å². The molecule has 0 saturated carbocycles. The van der Waals surface area contributed by atoms with E-state index in [2.05, 4.69) is 20.4 Å². The van der Waals surface area contributed by atoms with E-state index >= 15 is 0 Å². The van der Waals surface area contributed by atoms with E-state index in [-0.39, 0.29) is 11.6 Å². The van der Waals surface area contributed by atoms with E-state index in [1.54, 1.807) is 6.92 Å². The summed E-state index contributed by atoms with van der Waals surface area (Å²) in [6.45, 7) is 1.65. The third-order valence-electron chi connectivity index (χ3n) is 1.72. The molecule has 76 valence electrons. The van der Waals surface area contributed by atoms with Crippen LogP contribution in [0.15, 0.2) is 18.2 Å². The number of aromatic nitrogens is 4. The molecule has 0 atom stereocenters. The van der Waals surface area contributed by atoms with E-state index in [4.69, 9.17) is 0 Å². The first kappa shape index (κ1) is 9.45. The summed E-state index contributed by atoms with van der Waals surface area (Å²) in [7, 11) is 0. The van der Waals surface area contributed by atoms with E-state index in [9.17, 15) is 9.50 Å². The van der Waals surface area contributed by atoms with Crippen molar-refractivity contribution in [1.82, 2.24) is 20.4 Å². The van der Waals surface area contributed by atoms with E-state index in [0.29, 0.717) is 11.4 Å². The minimum Gasteiger partial charge on any atom is -0.508 e. The highest BCUT2D eigenvalue weighted by Crippen LogP contribution is 2.20. The number of phenolic OH excluding ortho intramolecular Hbond substituents is 1. The molecule has 1 aromatic carbocycles. The second-order valence-corrected chi connectivity index (χ2v) is 2.97. The molecule has 1 heterocycles. The number of benzene rings is 1. The molecule has 0 bridgehead atoms. The summed E-state index contributed by atoms with van der Waals surface area (Å²) in [4.78, 5) is 0. The number of aromatic hydroxyl groups is 1. The van der Waals surface area contributed by atoms with Crippen LogP contribution in [0.2, 0.25) is 0 Å². The fourth-order valence-corrected chi connectivity index (χ4v) is 1.10. The summed E-state index contributed by atoms with van der Waals surface area (Å²) in [5, 5.41) is 24.0. The molecule has 1 N–H and O–H groups in total. The van der Waals surface area contributed by atoms with Crippen LogP contribution in [0.25, 0.3) is 11.4 Å². The Labute approximate surface area is 84.6 Å². The van der Waals surface area contributed by atoms with Crippen molar-refractivity contribution in [3.05, 3.63) is 29.8 Å². The highest BCUT2D eigenvalue weighted by atomic mass is 19.1. The number of aryl methyl sites for hydroxylation is 1. The highest BCUT2D eigenvalue weighted by molar-refractivity contribution is 5.56. The van der Waals surface area contributed by atoms with E-state index < -0.39 is 5.82 Å². The summed E-state index contributed by atoms with van der Waals surface area (Å²) in [6, 6.07) is 3.55. The monoisotopic (exact) mass is 206 g/mol. The zero-order chi connectivity index (χ0) is 10.8. The first-order valence-corrected chi connectivity index (χ1v) is 4.19. The predicted octanol–water partition coefficient (Wildman–Crippen LogP) is 1.09. The molecule has 0 unspecified atom stereocenters. The van der Waals surface area contributed by atoms with Crippen LogP contribution in [0, 0.1) is 12.7 Å². The van der Waals surface area contributed by atoms with Crippen molar-refractivity contribution in [2.24, 2.45) is 0 Å². The number of hydrogen-bond donors (Lipinski definition) is 1. The molecule has 0 aliphatic rings. The normalized spacial score (nSPS) is 10.3. The van der Waals surface area contributed by atoms with Crippen LogP contribution >= 0.6 is 0 Å². The minimum absolute atomic E-state index is 0.176. The quantitative estimate of drug-likeness (QED) is 0.756. The number of hydrogen-bond acceptors (Lipinski definition) is 5. The Morgan fingerprint density at radius 2 is 1.73 bits per heavy atom. The second kappa shape index (κ2) is 3.56. The molecule has 0 saturated heterocycles. The Balaban J connectivity index is 2.49. The molecule has 6 heteroatoms. The molecule has 5 nitrogen and oxygen atoms in total. The van der Waals surface area contributed by atoms with Gasteiger partial charge >= 0.3 is 0 Å². The van der Waals surface area contributed by atoms with Gasteiger partial charge in [0.05, 0.1) is 0 Å². The summed E-state index contributed by atoms with van der Waals surface area (Å²) < 4.78 is 12.9. The number of halogens is 1. The Morgan fingerprint density at radius 3 is 2.33 bits per heavy atom. The SMILES string of the molecule is Cc1nnc(-c2cc(O)cc(F)c2)nn1. The molecule has 15 heavy (non-hydrogen) atoms. The van der Waals surface area contributed by atoms with Crippen LogP contribution in [0.5, 0.6) is 5.75 Å². The maximum Gasteiger partial charge on any atom is 0.203 e. The molecule has 0 spiro atoms. The predicted molar refractivity (Wildman–Crippen MR) is 49.4 cm³/mol. The van der Waals surface area contributed by atoms with Crippen molar-refractivity contribution < 1.29 is 9.50 Å². The van der Waals surface area contributed by atoms with Crippen LogP contribution in [0.3, 0.4) is 0 Å². The van der Waals surface area contributed by atoms with Crippen LogP contribution in [-0.2, 0) is 0 Å². The molecule has 2 rings (SSSR count). The first-order valence-electron chi connectivity index (χ1n) is 4.19. The van der Waals surface area contributed by atoms with Gasteiger partial charge in [-0.05, 0) is 19.1 Å². The van der Waals surface area contributed by atoms with E-state index in [1.165, 1.54) is 12.1 Å². The maximum absolute atomic E-state index is 12.9. The van der Waals surface area contributed by atoms with Gasteiger partial charge in [0.1, 0.15) is 11.6 Å². The van der Waals surface area contributed by atoms with Gasteiger partial charge in [-0.3, -0.25) is 0 Å². The van der Waals surface area contributed by atoms with Gasteiger partial charge in [-0.25, -0.2) is 4.39 Å². The summed E-state index contributed by atoms with van der Waals surface area (Å²) in [5.74, 6) is -0.141. The lowest BCUT2D eigenvalue weighted by Crippen LogP contribution is -1.98. The van der Waals surface area contributed by atoms with Gasteiger partial charge in [-0.2, -0.15) is 0 Å². The summed E-state index contributed by atoms with van der Waals surface area (Å²) in [5.41, 5.74) is 0.340. The van der Waals surface area contributed by atoms with Gasteiger partial charge in [-0.15, -0.1) is 20.4 Å². The number of rotatable bonds is 1. The standard InChI is InChI=1S/C9H7FN4O/c1-5-11-13-9(14-12-5)6-2-7(10)4-8(15)3-6/h2-4,15H,1H3. The third kappa shape index (κ3) is 2.04. The fourth-order valence-electron chi connectivity index (χ4n) is 1.10. The molecular formula is C9H7FN4O. The Hall–Kier alpha value is -2.11. The van der Waals surface area contributed by atoms with Crippen LogP contribution in [0.4, 0.5) is 4.39 Å². The molecule has 0 aliphatic carbocycles. The van der Waals surface area contributed by atoms with E-state index in [0.717, 1.165) is 6.07 Å². The summed E-state index contributed by atoms with van der Waals surface area (Å²) in [6.07, 6.45) is 0. The summed E-state index contributed by atoms with van der Waals surface area (Å²) >= 11 is 0. The van der Waals surface area contributed by atoms with Crippen molar-refractivity contribution in [2.75, 3.05) is 0 Å². The highest BCUT2D eigenvalue weighted by Gasteiger charge is 2.06. The number of phenols is 1. The van der Waals surface area contributed by atoms with Crippen molar-refractivity contribution in [3.63, 3.8) is 0 Å². The zero-order valence-corrected chi connectivity index (χ0v) is 7.85. The molecular weight excluding hydrogens is 199 g/mol. The average Bonchev–Trinajstić information content (AvgIpc) is 2.17. The lowest BCUT2D eigenvalue weighted by Gasteiger charge is -1.99. The Kier molecular flexibility index (Phi) is 2.24. The number of nitrogens with zero attached hydrogens (tertiary/aromatic N) is 4. The minimum atomic E-state index is -0.561. The smallest absolute Gasteiger partial charge is 0.203 e. The largest absolute Gasteiger partial charge is 0.508 e. The Morgan fingerprint density at radius 1 is 1.07 bits per heavy atom. The van der Waals surface area contributed by atoms with Crippen LogP contribution in [0.1, 0.15) is 5.82 Å². The lowest BCUT2D eigenvalue weighted by atomic mass is 10.2. The van der Waals surface area contributed by atoms with Crippen molar-refractivity contribution in [3.8, 4) is 17.1 Å². The van der Waals surface area contributed by atoms with Gasteiger partial charge in [0.2, 0.25) is 5.82 Å². The van der Waals surface area contributed by atoms with Crippen molar-refractivity contribution >= 4 is 0 Å². The molecule has 0 radical (unpaired) electrons. The van der Waals surface area contributed by atoms with Gasteiger partial charge in [0.25, 0.3) is 0 Å². The van der Waals surface area contributed by atoms with E-state index in [1.807, 2.05) is 0 Å². The molecule has 1 aromatic heterocycles. The Bertz CT molecular complexity index is 466. The molecule has 0 fully saturated rings. The maximum atomic E-state index is 12.9. The fraction of sp³-hybridized carbons (Fsp3) is 0.111. The van der Waals surface area contributed by atoms with Crippen molar-refractivity contribution in [1.29, 1.82) is 0 Å². The third-order valence-corrected chi connectivity index (χ3v) is 1.72.